The molecule has 2 atom stereocenters. The molecule has 2 N–H and O–H groups in total. The second-order valence-corrected chi connectivity index (χ2v) is 7.29. The van der Waals surface area contributed by atoms with Gasteiger partial charge in [-0.3, -0.25) is 0 Å². The van der Waals surface area contributed by atoms with Gasteiger partial charge in [0.2, 0.25) is 10.0 Å². The summed E-state index contributed by atoms with van der Waals surface area (Å²) in [4.78, 5) is 2.33. The minimum Gasteiger partial charge on any atom is -0.303 e. The summed E-state index contributed by atoms with van der Waals surface area (Å²) >= 11 is 0. The highest BCUT2D eigenvalue weighted by atomic mass is 32.2. The van der Waals surface area contributed by atoms with Crippen molar-refractivity contribution < 1.29 is 8.42 Å². The Hall–Kier alpha value is -0.390. The molecule has 0 aromatic heterocycles. The number of nitrogens with zero attached hydrogens (tertiary/aromatic N) is 1. The number of primary sulfonamides is 1. The van der Waals surface area contributed by atoms with Gasteiger partial charge in [-0.1, -0.05) is 11.1 Å². The molecule has 98 valence electrons. The summed E-state index contributed by atoms with van der Waals surface area (Å²) < 4.78 is 23.3. The van der Waals surface area contributed by atoms with Gasteiger partial charge in [-0.25, -0.2) is 13.6 Å². The number of likely N-dealkylation sites (tertiary alicyclic amines) is 1. The molecule has 2 rings (SSSR count). The van der Waals surface area contributed by atoms with Crippen molar-refractivity contribution in [2.75, 3.05) is 19.6 Å². The molecule has 2 unspecified atom stereocenters. The van der Waals surface area contributed by atoms with Crippen LogP contribution in [0.2, 0.25) is 0 Å². The summed E-state index contributed by atoms with van der Waals surface area (Å²) in [7, 11) is -3.42. The van der Waals surface area contributed by atoms with E-state index in [4.69, 9.17) is 5.14 Å². The fourth-order valence-corrected chi connectivity index (χ4v) is 4.01. The van der Waals surface area contributed by atoms with Crippen molar-refractivity contribution in [1.29, 1.82) is 0 Å². The molecule has 1 aliphatic carbocycles. The lowest BCUT2D eigenvalue weighted by Crippen LogP contribution is -2.47. The summed E-state index contributed by atoms with van der Waals surface area (Å²) in [5.41, 5.74) is 2.54. The minimum absolute atomic E-state index is 0.175. The summed E-state index contributed by atoms with van der Waals surface area (Å²) in [6, 6.07) is 0. The Labute approximate surface area is 104 Å². The molecule has 0 saturated carbocycles. The molecule has 1 fully saturated rings. The zero-order valence-corrected chi connectivity index (χ0v) is 11.5. The molecule has 2 aliphatic rings. The molecule has 4 nitrogen and oxygen atoms in total. The van der Waals surface area contributed by atoms with Gasteiger partial charge in [0.25, 0.3) is 0 Å². The van der Waals surface area contributed by atoms with Crippen molar-refractivity contribution in [2.45, 2.75) is 38.4 Å². The quantitative estimate of drug-likeness (QED) is 0.771. The fraction of sp³-hybridized carbons (Fsp3) is 0.833. The summed E-state index contributed by atoms with van der Waals surface area (Å²) in [6.07, 6.45) is 2.73. The molecule has 0 amide bonds. The van der Waals surface area contributed by atoms with Crippen LogP contribution in [-0.2, 0) is 10.0 Å². The Morgan fingerprint density at radius 1 is 1.24 bits per heavy atom. The van der Waals surface area contributed by atoms with Crippen LogP contribution in [0.15, 0.2) is 11.1 Å². The number of sulfonamides is 1. The molecule has 5 heteroatoms. The molecule has 1 heterocycles. The van der Waals surface area contributed by atoms with Gasteiger partial charge in [0.1, 0.15) is 0 Å². The van der Waals surface area contributed by atoms with E-state index in [1.165, 1.54) is 17.6 Å². The molecular formula is C12H22N2O2S. The molecular weight excluding hydrogens is 236 g/mol. The monoisotopic (exact) mass is 258 g/mol. The van der Waals surface area contributed by atoms with Crippen LogP contribution in [0.3, 0.4) is 0 Å². The van der Waals surface area contributed by atoms with Crippen molar-refractivity contribution in [1.82, 2.24) is 4.90 Å². The van der Waals surface area contributed by atoms with E-state index in [0.29, 0.717) is 6.42 Å². The Morgan fingerprint density at radius 3 is 2.29 bits per heavy atom. The molecule has 0 aromatic rings. The largest absolute Gasteiger partial charge is 0.303 e. The van der Waals surface area contributed by atoms with Gasteiger partial charge in [0.15, 0.2) is 0 Å². The molecule has 0 bridgehead atoms. The number of hydrogen-bond acceptors (Lipinski definition) is 3. The topological polar surface area (TPSA) is 63.4 Å². The second-order valence-electron chi connectivity index (χ2n) is 5.51. The molecule has 0 radical (unpaired) electrons. The third kappa shape index (κ3) is 2.89. The first kappa shape index (κ1) is 13.1. The smallest absolute Gasteiger partial charge is 0.212 e. The SMILES string of the molecule is CC1=C(C)CC(S(N)(=O)=O)C(CN2CCC2)C1. The van der Waals surface area contributed by atoms with Gasteiger partial charge in [-0.15, -0.1) is 0 Å². The van der Waals surface area contributed by atoms with Gasteiger partial charge >= 0.3 is 0 Å². The molecule has 1 aliphatic heterocycles. The van der Waals surface area contributed by atoms with Crippen LogP contribution < -0.4 is 5.14 Å². The maximum absolute atomic E-state index is 11.7. The number of allylic oxidation sites excluding steroid dienone is 2. The lowest BCUT2D eigenvalue weighted by molar-refractivity contribution is 0.147. The van der Waals surface area contributed by atoms with E-state index in [1.807, 2.05) is 6.92 Å². The number of rotatable bonds is 3. The molecule has 1 saturated heterocycles. The highest BCUT2D eigenvalue weighted by Crippen LogP contribution is 2.33. The van der Waals surface area contributed by atoms with E-state index >= 15 is 0 Å². The van der Waals surface area contributed by atoms with Crippen LogP contribution in [0.5, 0.6) is 0 Å². The Morgan fingerprint density at radius 2 is 1.82 bits per heavy atom. The van der Waals surface area contributed by atoms with Crippen molar-refractivity contribution >= 4 is 10.0 Å². The van der Waals surface area contributed by atoms with Crippen LogP contribution >= 0.6 is 0 Å². The minimum atomic E-state index is -3.42. The Bertz CT molecular complexity index is 424. The van der Waals surface area contributed by atoms with Gasteiger partial charge < -0.3 is 4.90 Å². The van der Waals surface area contributed by atoms with Crippen LogP contribution in [0, 0.1) is 5.92 Å². The van der Waals surface area contributed by atoms with E-state index in [-0.39, 0.29) is 11.2 Å². The van der Waals surface area contributed by atoms with E-state index in [0.717, 1.165) is 26.1 Å². The zero-order chi connectivity index (χ0) is 12.6. The van der Waals surface area contributed by atoms with Gasteiger partial charge in [-0.05, 0) is 52.1 Å². The first-order valence-corrected chi connectivity index (χ1v) is 7.88. The van der Waals surface area contributed by atoms with Crippen molar-refractivity contribution in [3.05, 3.63) is 11.1 Å². The fourth-order valence-electron chi connectivity index (χ4n) is 2.80. The average Bonchev–Trinajstić information content (AvgIpc) is 2.14. The first-order chi connectivity index (χ1) is 7.88. The van der Waals surface area contributed by atoms with Crippen LogP contribution in [0.25, 0.3) is 0 Å². The Kier molecular flexibility index (Phi) is 3.61. The van der Waals surface area contributed by atoms with Crippen molar-refractivity contribution in [3.63, 3.8) is 0 Å². The normalized spacial score (nSPS) is 31.5. The lowest BCUT2D eigenvalue weighted by atomic mass is 9.84. The summed E-state index contributed by atoms with van der Waals surface area (Å²) in [5, 5.41) is 4.99. The third-order valence-electron chi connectivity index (χ3n) is 4.19. The maximum atomic E-state index is 11.7. The molecule has 0 aromatic carbocycles. The van der Waals surface area contributed by atoms with E-state index in [2.05, 4.69) is 11.8 Å². The zero-order valence-electron chi connectivity index (χ0n) is 10.6. The van der Waals surface area contributed by atoms with E-state index < -0.39 is 10.0 Å². The number of nitrogens with two attached hydrogens (primary N) is 1. The van der Waals surface area contributed by atoms with Crippen molar-refractivity contribution in [3.8, 4) is 0 Å². The summed E-state index contributed by atoms with van der Waals surface area (Å²) in [6.45, 7) is 7.22. The van der Waals surface area contributed by atoms with E-state index in [1.54, 1.807) is 0 Å². The lowest BCUT2D eigenvalue weighted by Gasteiger charge is -2.39. The number of hydrogen-bond donors (Lipinski definition) is 1. The van der Waals surface area contributed by atoms with Crippen LogP contribution in [-0.4, -0.2) is 38.2 Å². The van der Waals surface area contributed by atoms with Crippen LogP contribution in [0.1, 0.15) is 33.1 Å². The van der Waals surface area contributed by atoms with Crippen molar-refractivity contribution in [2.24, 2.45) is 11.1 Å². The van der Waals surface area contributed by atoms with Gasteiger partial charge in [0, 0.05) is 6.54 Å². The van der Waals surface area contributed by atoms with E-state index in [9.17, 15) is 8.42 Å². The average molecular weight is 258 g/mol. The second kappa shape index (κ2) is 4.71. The summed E-state index contributed by atoms with van der Waals surface area (Å²) in [5.74, 6) is 0.175. The maximum Gasteiger partial charge on any atom is 0.212 e. The third-order valence-corrected chi connectivity index (χ3v) is 5.59. The molecule has 17 heavy (non-hydrogen) atoms. The predicted molar refractivity (Wildman–Crippen MR) is 69.1 cm³/mol. The Balaban J connectivity index is 2.14. The highest BCUT2D eigenvalue weighted by Gasteiger charge is 2.36. The first-order valence-electron chi connectivity index (χ1n) is 6.27. The standard InChI is InChI=1S/C12H22N2O2S/c1-9-6-11(8-14-4-3-5-14)12(7-10(9)2)17(13,15)16/h11-12H,3-8H2,1-2H3,(H2,13,15,16). The van der Waals surface area contributed by atoms with Crippen LogP contribution in [0.4, 0.5) is 0 Å². The predicted octanol–water partition coefficient (Wildman–Crippen LogP) is 1.10. The van der Waals surface area contributed by atoms with Gasteiger partial charge in [-0.2, -0.15) is 0 Å². The molecule has 0 spiro atoms. The highest BCUT2D eigenvalue weighted by molar-refractivity contribution is 7.89. The van der Waals surface area contributed by atoms with Gasteiger partial charge in [0.05, 0.1) is 5.25 Å².